The number of carbonyl (C=O) groups excluding carboxylic acids is 1. The molecule has 0 spiro atoms. The van der Waals surface area contributed by atoms with E-state index >= 15 is 0 Å². The molecule has 2 aromatic carbocycles. The van der Waals surface area contributed by atoms with Crippen molar-refractivity contribution in [3.63, 3.8) is 0 Å². The van der Waals surface area contributed by atoms with E-state index in [1.54, 1.807) is 36.4 Å². The number of phenols is 1. The molecule has 0 radical (unpaired) electrons. The van der Waals surface area contributed by atoms with Gasteiger partial charge in [-0.05, 0) is 29.8 Å². The van der Waals surface area contributed by atoms with Gasteiger partial charge in [0.1, 0.15) is 5.58 Å². The molecular formula is C19H14O6. The van der Waals surface area contributed by atoms with Crippen LogP contribution in [0.4, 0.5) is 0 Å². The number of rotatable bonds is 2. The fraction of sp³-hybridized carbons (Fsp3) is 0.158. The van der Waals surface area contributed by atoms with Crippen LogP contribution in [0, 0.1) is 0 Å². The summed E-state index contributed by atoms with van der Waals surface area (Å²) in [5.41, 5.74) is 0.695. The van der Waals surface area contributed by atoms with Crippen LogP contribution in [0.5, 0.6) is 17.2 Å². The second-order valence-electron chi connectivity index (χ2n) is 5.79. The van der Waals surface area contributed by atoms with Crippen LogP contribution in [0.15, 0.2) is 51.7 Å². The molecule has 0 saturated carbocycles. The van der Waals surface area contributed by atoms with Gasteiger partial charge >= 0.3 is 11.6 Å². The van der Waals surface area contributed by atoms with Gasteiger partial charge < -0.3 is 19.0 Å². The summed E-state index contributed by atoms with van der Waals surface area (Å²) < 4.78 is 15.8. The number of carbonyl (C=O) groups is 1. The molecular weight excluding hydrogens is 324 g/mol. The third kappa shape index (κ3) is 2.42. The van der Waals surface area contributed by atoms with Crippen LogP contribution in [0.2, 0.25) is 0 Å². The van der Waals surface area contributed by atoms with Crippen LogP contribution in [-0.4, -0.2) is 18.2 Å². The first-order valence-corrected chi connectivity index (χ1v) is 7.72. The highest BCUT2D eigenvalue weighted by Crippen LogP contribution is 2.42. The molecule has 0 unspecified atom stereocenters. The first-order valence-electron chi connectivity index (χ1n) is 7.72. The van der Waals surface area contributed by atoms with Crippen molar-refractivity contribution in [2.24, 2.45) is 0 Å². The Bertz CT molecular complexity index is 1050. The van der Waals surface area contributed by atoms with E-state index in [1.807, 2.05) is 0 Å². The van der Waals surface area contributed by atoms with Crippen LogP contribution < -0.4 is 15.1 Å². The van der Waals surface area contributed by atoms with Crippen LogP contribution in [0.25, 0.3) is 11.0 Å². The summed E-state index contributed by atoms with van der Waals surface area (Å²) in [5, 5.41) is 10.6. The molecule has 0 amide bonds. The van der Waals surface area contributed by atoms with E-state index < -0.39 is 17.5 Å². The highest BCUT2D eigenvalue weighted by Gasteiger charge is 2.34. The van der Waals surface area contributed by atoms with Crippen molar-refractivity contribution in [1.82, 2.24) is 0 Å². The SMILES string of the molecule is COc1ccc([C@@H]2CC(=O)Oc3c2c(=O)oc2ccccc32)cc1O. The Kier molecular flexibility index (Phi) is 3.46. The zero-order valence-corrected chi connectivity index (χ0v) is 13.3. The average molecular weight is 338 g/mol. The van der Waals surface area contributed by atoms with Gasteiger partial charge in [-0.25, -0.2) is 4.79 Å². The fourth-order valence-electron chi connectivity index (χ4n) is 3.18. The molecule has 1 N–H and O–H groups in total. The second-order valence-corrected chi connectivity index (χ2v) is 5.79. The van der Waals surface area contributed by atoms with E-state index in [4.69, 9.17) is 13.9 Å². The number of ether oxygens (including phenoxy) is 2. The minimum absolute atomic E-state index is 0.0120. The molecule has 4 rings (SSSR count). The molecule has 1 atom stereocenters. The Labute approximate surface area is 142 Å². The van der Waals surface area contributed by atoms with Crippen molar-refractivity contribution < 1.29 is 23.8 Å². The van der Waals surface area contributed by atoms with E-state index in [-0.39, 0.29) is 23.5 Å². The Morgan fingerprint density at radius 2 is 1.96 bits per heavy atom. The monoisotopic (exact) mass is 338 g/mol. The van der Waals surface area contributed by atoms with Crippen molar-refractivity contribution in [3.8, 4) is 17.2 Å². The predicted molar refractivity (Wildman–Crippen MR) is 89.2 cm³/mol. The maximum Gasteiger partial charge on any atom is 0.343 e. The zero-order valence-electron chi connectivity index (χ0n) is 13.3. The minimum atomic E-state index is -0.561. The zero-order chi connectivity index (χ0) is 17.6. The van der Waals surface area contributed by atoms with E-state index in [9.17, 15) is 14.7 Å². The van der Waals surface area contributed by atoms with Crippen LogP contribution >= 0.6 is 0 Å². The number of methoxy groups -OCH3 is 1. The Balaban J connectivity index is 1.96. The third-order valence-corrected chi connectivity index (χ3v) is 4.34. The first-order chi connectivity index (χ1) is 12.1. The molecule has 1 aliphatic rings. The number of fused-ring (bicyclic) bond motifs is 3. The number of phenolic OH excluding ortho intramolecular Hbond substituents is 1. The highest BCUT2D eigenvalue weighted by atomic mass is 16.5. The topological polar surface area (TPSA) is 86.0 Å². The van der Waals surface area contributed by atoms with Gasteiger partial charge in [-0.2, -0.15) is 0 Å². The Morgan fingerprint density at radius 3 is 2.72 bits per heavy atom. The van der Waals surface area contributed by atoms with E-state index in [2.05, 4.69) is 0 Å². The number of aromatic hydroxyl groups is 1. The maximum atomic E-state index is 12.5. The molecule has 0 saturated heterocycles. The van der Waals surface area contributed by atoms with Crippen LogP contribution in [0.1, 0.15) is 23.5 Å². The predicted octanol–water partition coefficient (Wildman–Crippen LogP) is 2.95. The summed E-state index contributed by atoms with van der Waals surface area (Å²) in [6.07, 6.45) is -0.0120. The third-order valence-electron chi connectivity index (χ3n) is 4.34. The smallest absolute Gasteiger partial charge is 0.343 e. The summed E-state index contributed by atoms with van der Waals surface area (Å²) in [7, 11) is 1.45. The van der Waals surface area contributed by atoms with Gasteiger partial charge in [0.25, 0.3) is 0 Å². The molecule has 0 bridgehead atoms. The lowest BCUT2D eigenvalue weighted by Gasteiger charge is -2.24. The first kappa shape index (κ1) is 15.3. The van der Waals surface area contributed by atoms with Gasteiger partial charge in [0.15, 0.2) is 17.2 Å². The van der Waals surface area contributed by atoms with Crippen molar-refractivity contribution in [2.75, 3.05) is 7.11 Å². The number of hydrogen-bond donors (Lipinski definition) is 1. The van der Waals surface area contributed by atoms with E-state index in [0.29, 0.717) is 22.3 Å². The molecule has 25 heavy (non-hydrogen) atoms. The van der Waals surface area contributed by atoms with E-state index in [1.165, 1.54) is 13.2 Å². The summed E-state index contributed by atoms with van der Waals surface area (Å²) in [6.45, 7) is 0. The van der Waals surface area contributed by atoms with Gasteiger partial charge in [-0.15, -0.1) is 0 Å². The second kappa shape index (κ2) is 5.66. The molecule has 2 heterocycles. The number of hydrogen-bond acceptors (Lipinski definition) is 6. The molecule has 0 aliphatic carbocycles. The van der Waals surface area contributed by atoms with Gasteiger partial charge in [-0.1, -0.05) is 18.2 Å². The van der Waals surface area contributed by atoms with Gasteiger partial charge in [0.05, 0.1) is 24.5 Å². The van der Waals surface area contributed by atoms with Crippen molar-refractivity contribution in [3.05, 3.63) is 64.0 Å². The van der Waals surface area contributed by atoms with Gasteiger partial charge in [-0.3, -0.25) is 4.79 Å². The Hall–Kier alpha value is -3.28. The minimum Gasteiger partial charge on any atom is -0.504 e. The highest BCUT2D eigenvalue weighted by molar-refractivity contribution is 5.90. The molecule has 1 aromatic heterocycles. The summed E-state index contributed by atoms with van der Waals surface area (Å²) in [6, 6.07) is 11.7. The molecule has 0 fully saturated rings. The van der Waals surface area contributed by atoms with E-state index in [0.717, 1.165) is 0 Å². The largest absolute Gasteiger partial charge is 0.504 e. The number of para-hydroxylation sites is 1. The van der Waals surface area contributed by atoms with Crippen molar-refractivity contribution >= 4 is 16.9 Å². The molecule has 1 aliphatic heterocycles. The molecule has 6 heteroatoms. The van der Waals surface area contributed by atoms with Crippen LogP contribution in [-0.2, 0) is 4.79 Å². The van der Waals surface area contributed by atoms with Crippen molar-refractivity contribution in [2.45, 2.75) is 12.3 Å². The molecule has 126 valence electrons. The van der Waals surface area contributed by atoms with Crippen LogP contribution in [0.3, 0.4) is 0 Å². The maximum absolute atomic E-state index is 12.5. The normalized spacial score (nSPS) is 16.4. The Morgan fingerprint density at radius 1 is 1.16 bits per heavy atom. The summed E-state index contributed by atoms with van der Waals surface area (Å²) in [5.74, 6) is -0.528. The molecule has 3 aromatic rings. The average Bonchev–Trinajstić information content (AvgIpc) is 2.61. The lowest BCUT2D eigenvalue weighted by molar-refractivity contribution is -0.135. The summed E-state index contributed by atoms with van der Waals surface area (Å²) in [4.78, 5) is 24.7. The van der Waals surface area contributed by atoms with Crippen molar-refractivity contribution in [1.29, 1.82) is 0 Å². The number of esters is 1. The number of benzene rings is 2. The van der Waals surface area contributed by atoms with Gasteiger partial charge in [0.2, 0.25) is 0 Å². The van der Waals surface area contributed by atoms with Gasteiger partial charge in [0, 0.05) is 5.92 Å². The fourth-order valence-corrected chi connectivity index (χ4v) is 3.18. The standard InChI is InChI=1S/C19H14O6/c1-23-15-7-6-10(8-13(15)20)12-9-16(21)25-18-11-4-2-3-5-14(11)24-19(22)17(12)18/h2-8,12,20H,9H2,1H3/t12-/m0/s1. The lowest BCUT2D eigenvalue weighted by atomic mass is 9.86. The summed E-state index contributed by atoms with van der Waals surface area (Å²) >= 11 is 0. The quantitative estimate of drug-likeness (QED) is 0.571. The lowest BCUT2D eigenvalue weighted by Crippen LogP contribution is -2.26. The molecule has 6 nitrogen and oxygen atoms in total.